The molecule has 6 heteroatoms. The molecule has 1 amide bonds. The highest BCUT2D eigenvalue weighted by molar-refractivity contribution is 6.20. The molecule has 2 heterocycles. The summed E-state index contributed by atoms with van der Waals surface area (Å²) in [5.74, 6) is -0.775. The molecule has 2 aromatic carbocycles. The Bertz CT molecular complexity index is 1020. The molecule has 0 saturated heterocycles. The average molecular weight is 360 g/mol. The molecular weight excluding hydrogens is 343 g/mol. The van der Waals surface area contributed by atoms with Gasteiger partial charge in [-0.25, -0.2) is 4.39 Å². The van der Waals surface area contributed by atoms with Gasteiger partial charge in [-0.2, -0.15) is 0 Å². The van der Waals surface area contributed by atoms with Crippen LogP contribution in [-0.2, 0) is 11.3 Å². The van der Waals surface area contributed by atoms with Crippen molar-refractivity contribution in [1.82, 2.24) is 4.98 Å². The molecule has 1 aliphatic heterocycles. The van der Waals surface area contributed by atoms with Gasteiger partial charge in [-0.1, -0.05) is 36.4 Å². The lowest BCUT2D eigenvalue weighted by Crippen LogP contribution is -2.42. The van der Waals surface area contributed by atoms with E-state index in [-0.39, 0.29) is 12.5 Å². The predicted octanol–water partition coefficient (Wildman–Crippen LogP) is 2.89. The number of aromatic nitrogens is 1. The van der Waals surface area contributed by atoms with Crippen LogP contribution in [0.1, 0.15) is 16.8 Å². The molecule has 0 aliphatic carbocycles. The van der Waals surface area contributed by atoms with E-state index in [1.54, 1.807) is 29.3 Å². The zero-order valence-corrected chi connectivity index (χ0v) is 14.4. The summed E-state index contributed by atoms with van der Waals surface area (Å²) in [7, 11) is 0. The molecule has 27 heavy (non-hydrogen) atoms. The fourth-order valence-corrected chi connectivity index (χ4v) is 3.14. The molecule has 0 unspecified atom stereocenters. The number of carbonyl (C=O) groups excluding carboxylic acids is 1. The molecular formula is C21H17FN4O. The van der Waals surface area contributed by atoms with Gasteiger partial charge in [0.1, 0.15) is 5.82 Å². The van der Waals surface area contributed by atoms with Crippen molar-refractivity contribution in [3.8, 4) is 0 Å². The molecule has 0 saturated carbocycles. The van der Waals surface area contributed by atoms with Crippen molar-refractivity contribution in [2.75, 3.05) is 4.90 Å². The van der Waals surface area contributed by atoms with Gasteiger partial charge in [0.15, 0.2) is 6.17 Å². The Hall–Kier alpha value is -3.38. The van der Waals surface area contributed by atoms with E-state index in [0.717, 1.165) is 5.69 Å². The van der Waals surface area contributed by atoms with Crippen LogP contribution in [0.2, 0.25) is 0 Å². The van der Waals surface area contributed by atoms with E-state index >= 15 is 0 Å². The number of benzene rings is 2. The van der Waals surface area contributed by atoms with E-state index in [1.807, 2.05) is 42.5 Å². The summed E-state index contributed by atoms with van der Waals surface area (Å²) in [5.41, 5.74) is 8.74. The third kappa shape index (κ3) is 3.22. The van der Waals surface area contributed by atoms with Crippen molar-refractivity contribution in [3.63, 3.8) is 0 Å². The average Bonchev–Trinajstić information content (AvgIpc) is 2.80. The van der Waals surface area contributed by atoms with Gasteiger partial charge in [0, 0.05) is 17.3 Å². The Kier molecular flexibility index (Phi) is 4.48. The lowest BCUT2D eigenvalue weighted by atomic mass is 9.99. The van der Waals surface area contributed by atoms with Gasteiger partial charge in [-0.15, -0.1) is 0 Å². The number of aliphatic imine (C=N–C) groups is 1. The Morgan fingerprint density at radius 3 is 2.41 bits per heavy atom. The highest BCUT2D eigenvalue weighted by Gasteiger charge is 2.30. The van der Waals surface area contributed by atoms with E-state index in [0.29, 0.717) is 22.5 Å². The number of hydrogen-bond donors (Lipinski definition) is 1. The predicted molar refractivity (Wildman–Crippen MR) is 102 cm³/mol. The summed E-state index contributed by atoms with van der Waals surface area (Å²) in [5, 5.41) is 0. The van der Waals surface area contributed by atoms with Crippen molar-refractivity contribution in [2.24, 2.45) is 10.7 Å². The first kappa shape index (κ1) is 17.1. The van der Waals surface area contributed by atoms with Gasteiger partial charge in [-0.05, 0) is 30.3 Å². The summed E-state index contributed by atoms with van der Waals surface area (Å²) in [6, 6.07) is 19.1. The fourth-order valence-electron chi connectivity index (χ4n) is 3.14. The number of nitrogens with two attached hydrogens (primary N) is 1. The quantitative estimate of drug-likeness (QED) is 0.781. The van der Waals surface area contributed by atoms with Crippen LogP contribution < -0.4 is 10.6 Å². The zero-order valence-electron chi connectivity index (χ0n) is 14.4. The number of fused-ring (bicyclic) bond motifs is 1. The van der Waals surface area contributed by atoms with Crippen molar-refractivity contribution in [2.45, 2.75) is 12.7 Å². The first-order valence-corrected chi connectivity index (χ1v) is 8.54. The number of halogens is 1. The van der Waals surface area contributed by atoms with Crippen LogP contribution in [0.15, 0.2) is 77.9 Å². The Balaban J connectivity index is 1.86. The minimum absolute atomic E-state index is 0.254. The maximum absolute atomic E-state index is 14.4. The topological polar surface area (TPSA) is 71.6 Å². The Morgan fingerprint density at radius 2 is 1.67 bits per heavy atom. The molecule has 0 bridgehead atoms. The van der Waals surface area contributed by atoms with E-state index in [4.69, 9.17) is 5.73 Å². The van der Waals surface area contributed by atoms with Gasteiger partial charge in [0.05, 0.1) is 23.6 Å². The van der Waals surface area contributed by atoms with Gasteiger partial charge in [-0.3, -0.25) is 14.8 Å². The Morgan fingerprint density at radius 1 is 0.963 bits per heavy atom. The van der Waals surface area contributed by atoms with Crippen LogP contribution in [0.25, 0.3) is 0 Å². The van der Waals surface area contributed by atoms with Crippen LogP contribution in [0.4, 0.5) is 10.1 Å². The second-order valence-electron chi connectivity index (χ2n) is 6.16. The molecule has 0 spiro atoms. The lowest BCUT2D eigenvalue weighted by Gasteiger charge is -2.24. The summed E-state index contributed by atoms with van der Waals surface area (Å²) in [4.78, 5) is 23.2. The molecule has 5 nitrogen and oxygen atoms in total. The number of pyridine rings is 1. The SMILES string of the molecule is N[C@H]1N=C(c2ccccc2F)c2ccccc2N(Cc2ccccn2)C1=O. The van der Waals surface area contributed by atoms with E-state index in [2.05, 4.69) is 9.98 Å². The third-order valence-electron chi connectivity index (χ3n) is 4.41. The largest absolute Gasteiger partial charge is 0.303 e. The Labute approximate surface area is 156 Å². The standard InChI is InChI=1S/C21H17FN4O/c22-17-10-3-1-8-15(17)19-16-9-2-4-11-18(16)26(21(27)20(23)25-19)13-14-7-5-6-12-24-14/h1-12,20H,13,23H2/t20-/m0/s1. The van der Waals surface area contributed by atoms with Gasteiger partial charge < -0.3 is 10.6 Å². The van der Waals surface area contributed by atoms with Crippen molar-refractivity contribution < 1.29 is 9.18 Å². The molecule has 2 N–H and O–H groups in total. The number of carbonyl (C=O) groups is 1. The van der Waals surface area contributed by atoms with Crippen LogP contribution >= 0.6 is 0 Å². The third-order valence-corrected chi connectivity index (χ3v) is 4.41. The summed E-state index contributed by atoms with van der Waals surface area (Å²) in [6.45, 7) is 0.254. The van der Waals surface area contributed by atoms with Crippen LogP contribution in [0.5, 0.6) is 0 Å². The maximum Gasteiger partial charge on any atom is 0.266 e. The molecule has 0 radical (unpaired) electrons. The fraction of sp³-hybridized carbons (Fsp3) is 0.0952. The summed E-state index contributed by atoms with van der Waals surface area (Å²) < 4.78 is 14.4. The second kappa shape index (κ2) is 7.09. The number of benzodiazepines with no additional fused rings is 1. The smallest absolute Gasteiger partial charge is 0.266 e. The van der Waals surface area contributed by atoms with Crippen molar-refractivity contribution in [1.29, 1.82) is 0 Å². The van der Waals surface area contributed by atoms with Crippen LogP contribution in [0.3, 0.4) is 0 Å². The molecule has 4 rings (SSSR count). The number of nitrogens with zero attached hydrogens (tertiary/aromatic N) is 3. The van der Waals surface area contributed by atoms with Gasteiger partial charge >= 0.3 is 0 Å². The van der Waals surface area contributed by atoms with Crippen LogP contribution in [0, 0.1) is 5.82 Å². The van der Waals surface area contributed by atoms with Crippen molar-refractivity contribution in [3.05, 3.63) is 95.6 Å². The molecule has 1 aromatic heterocycles. The number of amides is 1. The number of rotatable bonds is 3. The monoisotopic (exact) mass is 360 g/mol. The van der Waals surface area contributed by atoms with E-state index in [1.165, 1.54) is 6.07 Å². The van der Waals surface area contributed by atoms with E-state index < -0.39 is 12.0 Å². The molecule has 1 aliphatic rings. The number of hydrogen-bond acceptors (Lipinski definition) is 4. The van der Waals surface area contributed by atoms with Crippen LogP contribution in [-0.4, -0.2) is 22.8 Å². The first-order valence-electron chi connectivity index (χ1n) is 8.54. The molecule has 3 aromatic rings. The summed E-state index contributed by atoms with van der Waals surface area (Å²) in [6.07, 6.45) is 0.542. The number of para-hydroxylation sites is 1. The highest BCUT2D eigenvalue weighted by atomic mass is 19.1. The summed E-state index contributed by atoms with van der Waals surface area (Å²) >= 11 is 0. The number of anilines is 1. The lowest BCUT2D eigenvalue weighted by molar-refractivity contribution is -0.119. The minimum Gasteiger partial charge on any atom is -0.303 e. The molecule has 134 valence electrons. The van der Waals surface area contributed by atoms with Gasteiger partial charge in [0.25, 0.3) is 5.91 Å². The normalized spacial score (nSPS) is 16.5. The van der Waals surface area contributed by atoms with Gasteiger partial charge in [0.2, 0.25) is 0 Å². The second-order valence-corrected chi connectivity index (χ2v) is 6.16. The van der Waals surface area contributed by atoms with E-state index in [9.17, 15) is 9.18 Å². The molecule has 0 fully saturated rings. The highest BCUT2D eigenvalue weighted by Crippen LogP contribution is 2.29. The first-order chi connectivity index (χ1) is 13.1. The zero-order chi connectivity index (χ0) is 18.8. The van der Waals surface area contributed by atoms with Crippen molar-refractivity contribution >= 4 is 17.3 Å². The molecule has 1 atom stereocenters. The minimum atomic E-state index is -1.13. The maximum atomic E-state index is 14.4.